The second-order valence-corrected chi connectivity index (χ2v) is 3.64. The summed E-state index contributed by atoms with van der Waals surface area (Å²) in [6.45, 7) is 3.98. The molecule has 0 saturated heterocycles. The maximum Gasteiger partial charge on any atom is 0.334 e. The van der Waals surface area contributed by atoms with Crippen LogP contribution in [-0.2, 0) is 0 Å². The van der Waals surface area contributed by atoms with E-state index in [2.05, 4.69) is 9.89 Å². The van der Waals surface area contributed by atoms with Gasteiger partial charge in [-0.15, -0.1) is 0 Å². The van der Waals surface area contributed by atoms with Crippen molar-refractivity contribution < 1.29 is 9.89 Å². The molecule has 62 valence electrons. The summed E-state index contributed by atoms with van der Waals surface area (Å²) in [5.41, 5.74) is 0. The van der Waals surface area contributed by atoms with Crippen molar-refractivity contribution in [2.45, 2.75) is 32.1 Å². The highest BCUT2D eigenvalue weighted by Crippen LogP contribution is 2.06. The number of hydrogen-bond donors (Lipinski definition) is 1. The summed E-state index contributed by atoms with van der Waals surface area (Å²) < 4.78 is 2.59. The highest BCUT2D eigenvalue weighted by molar-refractivity contribution is 5.67. The largest absolute Gasteiger partial charge is 0.334 e. The van der Waals surface area contributed by atoms with Gasteiger partial charge < -0.3 is 0 Å². The zero-order valence-electron chi connectivity index (χ0n) is 7.18. The van der Waals surface area contributed by atoms with Crippen molar-refractivity contribution in [3.8, 4) is 0 Å². The third kappa shape index (κ3) is 1.62. The molecule has 0 unspecified atom stereocenters. The molecule has 2 heterocycles. The van der Waals surface area contributed by atoms with Crippen LogP contribution in [0, 0.1) is 0 Å². The first-order chi connectivity index (χ1) is 5.47. The second kappa shape index (κ2) is 3.35. The Morgan fingerprint density at radius 1 is 1.00 bits per heavy atom. The Balaban J connectivity index is 2.10. The van der Waals surface area contributed by atoms with E-state index in [1.807, 2.05) is 0 Å². The monoisotopic (exact) mass is 154 g/mol. The number of nitrogens with two attached hydrogens (primary N) is 1. The third-order valence-corrected chi connectivity index (χ3v) is 2.78. The van der Waals surface area contributed by atoms with Gasteiger partial charge in [0, 0.05) is 6.42 Å². The van der Waals surface area contributed by atoms with E-state index in [9.17, 15) is 0 Å². The minimum atomic E-state index is 1.33. The van der Waals surface area contributed by atoms with Crippen molar-refractivity contribution in [3.05, 3.63) is 0 Å². The van der Waals surface area contributed by atoms with E-state index in [0.29, 0.717) is 0 Å². The zero-order chi connectivity index (χ0) is 7.52. The van der Waals surface area contributed by atoms with Crippen LogP contribution in [0.5, 0.6) is 0 Å². The van der Waals surface area contributed by atoms with Crippen LogP contribution in [-0.4, -0.2) is 30.0 Å². The van der Waals surface area contributed by atoms with Crippen LogP contribution >= 0.6 is 0 Å². The lowest BCUT2D eigenvalue weighted by molar-refractivity contribution is -0.664. The van der Waals surface area contributed by atoms with Gasteiger partial charge in [0.05, 0.1) is 19.4 Å². The quantitative estimate of drug-likeness (QED) is 0.472. The van der Waals surface area contributed by atoms with Crippen LogP contribution in [0.4, 0.5) is 0 Å². The molecule has 2 aliphatic rings. The minimum absolute atomic E-state index is 1.33. The van der Waals surface area contributed by atoms with E-state index in [1.165, 1.54) is 51.7 Å². The van der Waals surface area contributed by atoms with Gasteiger partial charge in [-0.2, -0.15) is 4.58 Å². The summed E-state index contributed by atoms with van der Waals surface area (Å²) in [5.74, 6) is 1.65. The van der Waals surface area contributed by atoms with E-state index in [-0.39, 0.29) is 0 Å². The summed E-state index contributed by atoms with van der Waals surface area (Å²) in [4.78, 5) is 0. The molecular weight excluding hydrogens is 136 g/mol. The molecule has 0 radical (unpaired) electrons. The van der Waals surface area contributed by atoms with Gasteiger partial charge in [-0.1, -0.05) is 0 Å². The van der Waals surface area contributed by atoms with Crippen LogP contribution in [0.3, 0.4) is 0 Å². The molecule has 0 spiro atoms. The van der Waals surface area contributed by atoms with Crippen LogP contribution < -0.4 is 5.32 Å². The molecule has 2 N–H and O–H groups in total. The lowest BCUT2D eigenvalue weighted by atomic mass is 10.2. The summed E-state index contributed by atoms with van der Waals surface area (Å²) in [5, 5.41) is 2.45. The first-order valence-electron chi connectivity index (χ1n) is 4.91. The van der Waals surface area contributed by atoms with Crippen molar-refractivity contribution >= 4 is 5.84 Å². The third-order valence-electron chi connectivity index (χ3n) is 2.78. The van der Waals surface area contributed by atoms with Gasteiger partial charge in [-0.25, -0.2) is 0 Å². The van der Waals surface area contributed by atoms with Gasteiger partial charge in [0.25, 0.3) is 0 Å². The predicted molar refractivity (Wildman–Crippen MR) is 44.9 cm³/mol. The lowest BCUT2D eigenvalue weighted by Gasteiger charge is -2.09. The Hall–Kier alpha value is -0.370. The Labute approximate surface area is 68.3 Å². The van der Waals surface area contributed by atoms with E-state index in [4.69, 9.17) is 0 Å². The molecule has 0 bridgehead atoms. The molecule has 0 fully saturated rings. The number of rotatable bonds is 0. The molecule has 2 rings (SSSR count). The molecule has 2 nitrogen and oxygen atoms in total. The number of hydrogen-bond acceptors (Lipinski definition) is 0. The van der Waals surface area contributed by atoms with Crippen LogP contribution in [0.15, 0.2) is 0 Å². The molecule has 2 heteroatoms. The summed E-state index contributed by atoms with van der Waals surface area (Å²) >= 11 is 0. The first-order valence-corrected chi connectivity index (χ1v) is 4.91. The van der Waals surface area contributed by atoms with Crippen LogP contribution in [0.2, 0.25) is 0 Å². The van der Waals surface area contributed by atoms with Crippen LogP contribution in [0.25, 0.3) is 0 Å². The molecule has 0 aromatic heterocycles. The smallest absolute Gasteiger partial charge is 0.262 e. The van der Waals surface area contributed by atoms with Crippen LogP contribution in [0.1, 0.15) is 32.1 Å². The first kappa shape index (κ1) is 7.29. The van der Waals surface area contributed by atoms with Gasteiger partial charge in [-0.05, 0) is 12.8 Å². The second-order valence-electron chi connectivity index (χ2n) is 3.64. The Morgan fingerprint density at radius 2 is 1.91 bits per heavy atom. The van der Waals surface area contributed by atoms with Gasteiger partial charge in [0.1, 0.15) is 6.54 Å². The topological polar surface area (TPSA) is 19.6 Å². The van der Waals surface area contributed by atoms with E-state index >= 15 is 0 Å². The Bertz CT molecular complexity index is 154. The van der Waals surface area contributed by atoms with E-state index in [0.717, 1.165) is 0 Å². The molecule has 2 aliphatic heterocycles. The van der Waals surface area contributed by atoms with Crippen molar-refractivity contribution in [1.29, 1.82) is 0 Å². The number of quaternary nitrogens is 1. The van der Waals surface area contributed by atoms with Gasteiger partial charge in [0.2, 0.25) is 0 Å². The predicted octanol–water partition coefficient (Wildman–Crippen LogP) is -0.0615. The molecule has 0 aliphatic carbocycles. The lowest BCUT2D eigenvalue weighted by Crippen LogP contribution is -2.91. The molecule has 0 amide bonds. The van der Waals surface area contributed by atoms with Crippen molar-refractivity contribution in [1.82, 2.24) is 0 Å². The van der Waals surface area contributed by atoms with E-state index < -0.39 is 0 Å². The highest BCUT2D eigenvalue weighted by atomic mass is 15.1. The average molecular weight is 154 g/mol. The maximum absolute atomic E-state index is 2.59. The van der Waals surface area contributed by atoms with Crippen molar-refractivity contribution in [3.63, 3.8) is 0 Å². The minimum Gasteiger partial charge on any atom is -0.262 e. The standard InChI is InChI=1S/C9H16N2/c1-2-5-9-10-6-4-8-11(9)7-3-1/h1-8H2/p+2. The van der Waals surface area contributed by atoms with Crippen molar-refractivity contribution in [2.75, 3.05) is 19.6 Å². The Morgan fingerprint density at radius 3 is 2.91 bits per heavy atom. The molecule has 0 aromatic rings. The van der Waals surface area contributed by atoms with Gasteiger partial charge in [-0.3, -0.25) is 5.32 Å². The maximum atomic E-state index is 2.59. The summed E-state index contributed by atoms with van der Waals surface area (Å²) in [6, 6.07) is 0. The van der Waals surface area contributed by atoms with E-state index in [1.54, 1.807) is 5.84 Å². The normalized spacial score (nSPS) is 26.2. The average Bonchev–Trinajstić information content (AvgIpc) is 2.28. The fourth-order valence-corrected chi connectivity index (χ4v) is 2.12. The molecular formula is C9H18N2+2. The summed E-state index contributed by atoms with van der Waals surface area (Å²) in [7, 11) is 0. The fraction of sp³-hybridized carbons (Fsp3) is 0.889. The van der Waals surface area contributed by atoms with Gasteiger partial charge >= 0.3 is 5.84 Å². The zero-order valence-corrected chi connectivity index (χ0v) is 7.18. The summed E-state index contributed by atoms with van der Waals surface area (Å²) in [6.07, 6.45) is 7.00. The molecule has 0 atom stereocenters. The van der Waals surface area contributed by atoms with Crippen molar-refractivity contribution in [2.24, 2.45) is 0 Å². The number of nitrogens with zero attached hydrogens (tertiary/aromatic N) is 1. The number of amidine groups is 1. The highest BCUT2D eigenvalue weighted by Gasteiger charge is 2.24. The SMILES string of the molecule is C1CCC2=[N+](CC1)CCC[NH2+]2. The molecule has 11 heavy (non-hydrogen) atoms. The molecule has 0 aromatic carbocycles. The fourth-order valence-electron chi connectivity index (χ4n) is 2.12. The molecule has 0 saturated carbocycles. The van der Waals surface area contributed by atoms with Gasteiger partial charge in [0.15, 0.2) is 6.54 Å². The Kier molecular flexibility index (Phi) is 2.22.